The normalized spacial score (nSPS) is 11.6. The summed E-state index contributed by atoms with van der Waals surface area (Å²) >= 11 is 0. The zero-order valence-electron chi connectivity index (χ0n) is 11.2. The molecule has 0 atom stereocenters. The van der Waals surface area contributed by atoms with Crippen molar-refractivity contribution in [3.63, 3.8) is 0 Å². The first kappa shape index (κ1) is 13.5. The number of hydrogen-bond donors (Lipinski definition) is 2. The summed E-state index contributed by atoms with van der Waals surface area (Å²) in [6, 6.07) is 0. The van der Waals surface area contributed by atoms with Crippen LogP contribution in [0, 0.1) is 5.41 Å². The predicted molar refractivity (Wildman–Crippen MR) is 70.2 cm³/mol. The molecule has 1 rings (SSSR count). The summed E-state index contributed by atoms with van der Waals surface area (Å²) in [7, 11) is 0. The first-order valence-electron chi connectivity index (χ1n) is 5.80. The third-order valence-corrected chi connectivity index (χ3v) is 1.98. The molecule has 0 aliphatic heterocycles. The van der Waals surface area contributed by atoms with E-state index in [-0.39, 0.29) is 11.5 Å². The van der Waals surface area contributed by atoms with E-state index in [2.05, 4.69) is 36.1 Å². The van der Waals surface area contributed by atoms with Gasteiger partial charge in [-0.15, -0.1) is 0 Å². The van der Waals surface area contributed by atoms with E-state index in [0.717, 1.165) is 6.54 Å². The van der Waals surface area contributed by atoms with Gasteiger partial charge in [-0.1, -0.05) is 20.8 Å². The molecule has 0 aromatic carbocycles. The zero-order chi connectivity index (χ0) is 13.1. The van der Waals surface area contributed by atoms with Crippen molar-refractivity contribution >= 4 is 11.5 Å². The summed E-state index contributed by atoms with van der Waals surface area (Å²) in [6.07, 6.45) is 1.50. The Labute approximate surface area is 103 Å². The van der Waals surface area contributed by atoms with E-state index in [0.29, 0.717) is 17.4 Å². The molecule has 1 aromatic heterocycles. The predicted octanol–water partition coefficient (Wildman–Crippen LogP) is 2.30. The first-order valence-corrected chi connectivity index (χ1v) is 5.80. The van der Waals surface area contributed by atoms with E-state index >= 15 is 0 Å². The van der Waals surface area contributed by atoms with Crippen LogP contribution < -0.4 is 15.8 Å². The van der Waals surface area contributed by atoms with Crippen LogP contribution in [0.2, 0.25) is 0 Å². The average Bonchev–Trinajstić information content (AvgIpc) is 2.17. The maximum absolute atomic E-state index is 5.95. The summed E-state index contributed by atoms with van der Waals surface area (Å²) in [5.74, 6) is 1.07. The molecular weight excluding hydrogens is 216 g/mol. The second-order valence-corrected chi connectivity index (χ2v) is 5.52. The Hall–Kier alpha value is -1.52. The Morgan fingerprint density at radius 3 is 2.53 bits per heavy atom. The van der Waals surface area contributed by atoms with Gasteiger partial charge >= 0.3 is 0 Å². The van der Waals surface area contributed by atoms with Crippen LogP contribution >= 0.6 is 0 Å². The minimum atomic E-state index is 0.0441. The van der Waals surface area contributed by atoms with Gasteiger partial charge < -0.3 is 15.8 Å². The van der Waals surface area contributed by atoms with E-state index in [9.17, 15) is 0 Å². The van der Waals surface area contributed by atoms with Gasteiger partial charge in [0.1, 0.15) is 12.0 Å². The number of nitrogens with zero attached hydrogens (tertiary/aromatic N) is 2. The fraction of sp³-hybridized carbons (Fsp3) is 0.667. The molecule has 0 spiro atoms. The molecule has 5 heteroatoms. The summed E-state index contributed by atoms with van der Waals surface area (Å²) in [5.41, 5.74) is 6.58. The highest BCUT2D eigenvalue weighted by molar-refractivity contribution is 5.66. The molecule has 0 amide bonds. The van der Waals surface area contributed by atoms with Crippen molar-refractivity contribution in [3.8, 4) is 5.88 Å². The summed E-state index contributed by atoms with van der Waals surface area (Å²) < 4.78 is 5.50. The lowest BCUT2D eigenvalue weighted by molar-refractivity contribution is 0.234. The van der Waals surface area contributed by atoms with Gasteiger partial charge in [-0.3, -0.25) is 0 Å². The molecule has 0 fully saturated rings. The fourth-order valence-electron chi connectivity index (χ4n) is 1.19. The Kier molecular flexibility index (Phi) is 4.15. The van der Waals surface area contributed by atoms with Crippen LogP contribution in [0.15, 0.2) is 6.33 Å². The topological polar surface area (TPSA) is 73.1 Å². The van der Waals surface area contributed by atoms with Crippen LogP contribution in [-0.2, 0) is 0 Å². The Morgan fingerprint density at radius 1 is 1.35 bits per heavy atom. The molecule has 0 saturated heterocycles. The Balaban J connectivity index is 2.80. The standard InChI is InChI=1S/C12H22N4O/c1-8(2)17-11-9(13)10(15-7-16-11)14-6-12(3,4)5/h7-8H,6,13H2,1-5H3,(H,14,15,16). The van der Waals surface area contributed by atoms with Crippen molar-refractivity contribution in [2.24, 2.45) is 5.41 Å². The number of ether oxygens (including phenoxy) is 1. The Bertz CT molecular complexity index is 371. The molecular formula is C12H22N4O. The van der Waals surface area contributed by atoms with Crippen molar-refractivity contribution < 1.29 is 4.74 Å². The molecule has 0 saturated carbocycles. The quantitative estimate of drug-likeness (QED) is 0.842. The number of anilines is 2. The number of hydrogen-bond acceptors (Lipinski definition) is 5. The number of nitrogens with two attached hydrogens (primary N) is 1. The minimum Gasteiger partial charge on any atom is -0.473 e. The highest BCUT2D eigenvalue weighted by atomic mass is 16.5. The SMILES string of the molecule is CC(C)Oc1ncnc(NCC(C)(C)C)c1N. The van der Waals surface area contributed by atoms with E-state index in [1.165, 1.54) is 6.33 Å². The van der Waals surface area contributed by atoms with Gasteiger partial charge in [0.2, 0.25) is 5.88 Å². The molecule has 0 aliphatic rings. The van der Waals surface area contributed by atoms with Crippen molar-refractivity contribution in [3.05, 3.63) is 6.33 Å². The second-order valence-electron chi connectivity index (χ2n) is 5.52. The highest BCUT2D eigenvalue weighted by Crippen LogP contribution is 2.26. The maximum Gasteiger partial charge on any atom is 0.242 e. The van der Waals surface area contributed by atoms with Gasteiger partial charge in [0.25, 0.3) is 0 Å². The summed E-state index contributed by atoms with van der Waals surface area (Å²) in [4.78, 5) is 8.15. The van der Waals surface area contributed by atoms with E-state index in [1.807, 2.05) is 13.8 Å². The largest absolute Gasteiger partial charge is 0.473 e. The van der Waals surface area contributed by atoms with Crippen molar-refractivity contribution in [1.29, 1.82) is 0 Å². The summed E-state index contributed by atoms with van der Waals surface area (Å²) in [5, 5.41) is 3.21. The average molecular weight is 238 g/mol. The van der Waals surface area contributed by atoms with Crippen LogP contribution in [0.4, 0.5) is 11.5 Å². The van der Waals surface area contributed by atoms with Gasteiger partial charge in [-0.25, -0.2) is 4.98 Å². The fourth-order valence-corrected chi connectivity index (χ4v) is 1.19. The second kappa shape index (κ2) is 5.21. The first-order chi connectivity index (χ1) is 7.79. The van der Waals surface area contributed by atoms with Gasteiger partial charge in [0.05, 0.1) is 6.10 Å². The lowest BCUT2D eigenvalue weighted by Gasteiger charge is -2.20. The molecule has 1 aromatic rings. The number of nitrogens with one attached hydrogen (secondary N) is 1. The van der Waals surface area contributed by atoms with Crippen LogP contribution in [0.3, 0.4) is 0 Å². The smallest absolute Gasteiger partial charge is 0.242 e. The molecule has 3 N–H and O–H groups in total. The lowest BCUT2D eigenvalue weighted by Crippen LogP contribution is -2.20. The van der Waals surface area contributed by atoms with Crippen molar-refractivity contribution in [2.75, 3.05) is 17.6 Å². The molecule has 1 heterocycles. The highest BCUT2D eigenvalue weighted by Gasteiger charge is 2.14. The number of nitrogen functional groups attached to an aromatic ring is 1. The van der Waals surface area contributed by atoms with Gasteiger partial charge in [0, 0.05) is 6.54 Å². The zero-order valence-corrected chi connectivity index (χ0v) is 11.2. The van der Waals surface area contributed by atoms with E-state index in [4.69, 9.17) is 10.5 Å². The van der Waals surface area contributed by atoms with E-state index < -0.39 is 0 Å². The summed E-state index contributed by atoms with van der Waals surface area (Å²) in [6.45, 7) is 11.1. The number of aromatic nitrogens is 2. The molecule has 17 heavy (non-hydrogen) atoms. The van der Waals surface area contributed by atoms with Gasteiger partial charge in [-0.05, 0) is 19.3 Å². The molecule has 5 nitrogen and oxygen atoms in total. The number of rotatable bonds is 4. The lowest BCUT2D eigenvalue weighted by atomic mass is 9.97. The minimum absolute atomic E-state index is 0.0441. The van der Waals surface area contributed by atoms with Crippen molar-refractivity contribution in [1.82, 2.24) is 9.97 Å². The van der Waals surface area contributed by atoms with Gasteiger partial charge in [-0.2, -0.15) is 4.98 Å². The third-order valence-electron chi connectivity index (χ3n) is 1.98. The molecule has 0 radical (unpaired) electrons. The maximum atomic E-state index is 5.95. The van der Waals surface area contributed by atoms with Crippen LogP contribution in [0.1, 0.15) is 34.6 Å². The monoisotopic (exact) mass is 238 g/mol. The molecule has 0 aliphatic carbocycles. The molecule has 0 unspecified atom stereocenters. The Morgan fingerprint density at radius 2 is 2.00 bits per heavy atom. The molecule has 96 valence electrons. The van der Waals surface area contributed by atoms with E-state index in [1.54, 1.807) is 0 Å². The molecule has 0 bridgehead atoms. The van der Waals surface area contributed by atoms with Crippen LogP contribution in [-0.4, -0.2) is 22.6 Å². The third kappa shape index (κ3) is 4.46. The van der Waals surface area contributed by atoms with Crippen LogP contribution in [0.5, 0.6) is 5.88 Å². The van der Waals surface area contributed by atoms with Crippen LogP contribution in [0.25, 0.3) is 0 Å². The van der Waals surface area contributed by atoms with Gasteiger partial charge in [0.15, 0.2) is 5.82 Å². The van der Waals surface area contributed by atoms with Crippen molar-refractivity contribution in [2.45, 2.75) is 40.7 Å².